The second-order valence-electron chi connectivity index (χ2n) is 4.40. The highest BCUT2D eigenvalue weighted by Crippen LogP contribution is 2.35. The lowest BCUT2D eigenvalue weighted by Crippen LogP contribution is -2.20. The lowest BCUT2D eigenvalue weighted by atomic mass is 9.98. The standard InChI is InChI=1S/C13H11ClN2O4/c1-8(15(17)18)13(14)11-6-7-12(16(19)20)10-5-3-2-4-9(10)11/h2-8,13H,1H3. The van der Waals surface area contributed by atoms with Gasteiger partial charge in [-0.25, -0.2) is 0 Å². The quantitative estimate of drug-likeness (QED) is 0.489. The number of nitro benzene ring substituents is 1. The number of halogens is 1. The summed E-state index contributed by atoms with van der Waals surface area (Å²) in [6.45, 7) is 1.41. The van der Waals surface area contributed by atoms with Crippen LogP contribution in [0.1, 0.15) is 17.9 Å². The largest absolute Gasteiger partial charge is 0.277 e. The minimum absolute atomic E-state index is 0.0398. The minimum Gasteiger partial charge on any atom is -0.264 e. The Kier molecular flexibility index (Phi) is 3.85. The van der Waals surface area contributed by atoms with E-state index in [4.69, 9.17) is 11.6 Å². The van der Waals surface area contributed by atoms with Gasteiger partial charge in [-0.2, -0.15) is 0 Å². The molecule has 2 unspecified atom stereocenters. The average molecular weight is 295 g/mol. The summed E-state index contributed by atoms with van der Waals surface area (Å²) in [7, 11) is 0. The van der Waals surface area contributed by atoms with Gasteiger partial charge in [-0.05, 0) is 23.1 Å². The number of nitrogens with zero attached hydrogens (tertiary/aromatic N) is 2. The number of hydrogen-bond acceptors (Lipinski definition) is 4. The third-order valence-electron chi connectivity index (χ3n) is 3.18. The van der Waals surface area contributed by atoms with Crippen molar-refractivity contribution in [1.82, 2.24) is 0 Å². The van der Waals surface area contributed by atoms with E-state index < -0.39 is 21.3 Å². The fourth-order valence-corrected chi connectivity index (χ4v) is 2.36. The zero-order chi connectivity index (χ0) is 14.9. The van der Waals surface area contributed by atoms with Gasteiger partial charge in [-0.3, -0.25) is 20.2 Å². The molecule has 2 aromatic rings. The number of rotatable bonds is 4. The average Bonchev–Trinajstić information content (AvgIpc) is 2.44. The van der Waals surface area contributed by atoms with E-state index in [2.05, 4.69) is 0 Å². The summed E-state index contributed by atoms with van der Waals surface area (Å²) in [6.07, 6.45) is 0. The molecule has 2 rings (SSSR count). The van der Waals surface area contributed by atoms with Crippen molar-refractivity contribution in [3.63, 3.8) is 0 Å². The normalized spacial score (nSPS) is 13.9. The summed E-state index contributed by atoms with van der Waals surface area (Å²) in [4.78, 5) is 20.9. The summed E-state index contributed by atoms with van der Waals surface area (Å²) >= 11 is 6.15. The maximum absolute atomic E-state index is 11.0. The van der Waals surface area contributed by atoms with Crippen molar-refractivity contribution in [3.05, 3.63) is 62.2 Å². The Labute approximate surface area is 119 Å². The fourth-order valence-electron chi connectivity index (χ4n) is 2.07. The predicted molar refractivity (Wildman–Crippen MR) is 75.7 cm³/mol. The van der Waals surface area contributed by atoms with Crippen LogP contribution in [-0.2, 0) is 0 Å². The molecule has 2 aromatic carbocycles. The SMILES string of the molecule is CC(C(Cl)c1ccc([N+](=O)[O-])c2ccccc12)[N+](=O)[O-]. The Morgan fingerprint density at radius 2 is 1.65 bits per heavy atom. The van der Waals surface area contributed by atoms with E-state index in [1.165, 1.54) is 19.1 Å². The molecule has 0 aliphatic heterocycles. The van der Waals surface area contributed by atoms with Crippen molar-refractivity contribution in [2.45, 2.75) is 18.3 Å². The van der Waals surface area contributed by atoms with Crippen molar-refractivity contribution < 1.29 is 9.85 Å². The summed E-state index contributed by atoms with van der Waals surface area (Å²) < 4.78 is 0. The zero-order valence-corrected chi connectivity index (χ0v) is 11.3. The zero-order valence-electron chi connectivity index (χ0n) is 10.5. The maximum Gasteiger partial charge on any atom is 0.277 e. The van der Waals surface area contributed by atoms with Crippen molar-refractivity contribution >= 4 is 28.1 Å². The van der Waals surface area contributed by atoms with Crippen LogP contribution >= 0.6 is 11.6 Å². The molecular weight excluding hydrogens is 284 g/mol. The van der Waals surface area contributed by atoms with Crippen LogP contribution in [-0.4, -0.2) is 15.9 Å². The summed E-state index contributed by atoms with van der Waals surface area (Å²) in [5.41, 5.74) is 0.485. The molecule has 0 amide bonds. The molecule has 0 saturated heterocycles. The summed E-state index contributed by atoms with van der Waals surface area (Å²) in [6, 6.07) is 8.52. The molecule has 0 spiro atoms. The van der Waals surface area contributed by atoms with E-state index in [9.17, 15) is 20.2 Å². The smallest absolute Gasteiger partial charge is 0.264 e. The number of non-ortho nitro benzene ring substituents is 1. The lowest BCUT2D eigenvalue weighted by Gasteiger charge is -2.14. The number of nitro groups is 2. The van der Waals surface area contributed by atoms with E-state index in [0.29, 0.717) is 16.3 Å². The Hall–Kier alpha value is -2.21. The molecule has 0 radical (unpaired) electrons. The monoisotopic (exact) mass is 294 g/mol. The van der Waals surface area contributed by atoms with Gasteiger partial charge in [0, 0.05) is 17.9 Å². The molecular formula is C13H11ClN2O4. The van der Waals surface area contributed by atoms with Crippen LogP contribution in [0.5, 0.6) is 0 Å². The Balaban J connectivity index is 2.65. The molecule has 20 heavy (non-hydrogen) atoms. The number of hydrogen-bond donors (Lipinski definition) is 0. The first-order valence-electron chi connectivity index (χ1n) is 5.87. The van der Waals surface area contributed by atoms with Gasteiger partial charge in [0.25, 0.3) is 5.69 Å². The Bertz CT molecular complexity index is 689. The molecule has 0 bridgehead atoms. The second kappa shape index (κ2) is 5.42. The Morgan fingerprint density at radius 3 is 2.20 bits per heavy atom. The van der Waals surface area contributed by atoms with Gasteiger partial charge < -0.3 is 0 Å². The van der Waals surface area contributed by atoms with E-state index >= 15 is 0 Å². The number of alkyl halides is 1. The molecule has 104 valence electrons. The maximum atomic E-state index is 11.0. The van der Waals surface area contributed by atoms with Crippen molar-refractivity contribution in [2.24, 2.45) is 0 Å². The molecule has 0 N–H and O–H groups in total. The van der Waals surface area contributed by atoms with Crippen LogP contribution in [0.3, 0.4) is 0 Å². The first-order chi connectivity index (χ1) is 9.43. The second-order valence-corrected chi connectivity index (χ2v) is 4.87. The topological polar surface area (TPSA) is 86.3 Å². The molecule has 0 saturated carbocycles. The number of benzene rings is 2. The Morgan fingerprint density at radius 1 is 1.05 bits per heavy atom. The van der Waals surface area contributed by atoms with Crippen molar-refractivity contribution in [1.29, 1.82) is 0 Å². The third-order valence-corrected chi connectivity index (χ3v) is 3.78. The van der Waals surface area contributed by atoms with E-state index in [1.54, 1.807) is 24.3 Å². The van der Waals surface area contributed by atoms with Gasteiger partial charge in [-0.15, -0.1) is 11.6 Å². The van der Waals surface area contributed by atoms with Gasteiger partial charge >= 0.3 is 0 Å². The highest BCUT2D eigenvalue weighted by atomic mass is 35.5. The molecule has 0 fully saturated rings. The van der Waals surface area contributed by atoms with Crippen LogP contribution in [0.4, 0.5) is 5.69 Å². The third kappa shape index (κ3) is 2.42. The van der Waals surface area contributed by atoms with Gasteiger partial charge in [0.15, 0.2) is 0 Å². The van der Waals surface area contributed by atoms with Crippen LogP contribution in [0, 0.1) is 20.2 Å². The van der Waals surface area contributed by atoms with Gasteiger partial charge in [0.05, 0.1) is 10.3 Å². The van der Waals surface area contributed by atoms with E-state index in [1.807, 2.05) is 0 Å². The van der Waals surface area contributed by atoms with E-state index in [-0.39, 0.29) is 5.69 Å². The molecule has 0 aliphatic rings. The van der Waals surface area contributed by atoms with Gasteiger partial charge in [-0.1, -0.05) is 18.2 Å². The van der Waals surface area contributed by atoms with Crippen molar-refractivity contribution in [2.75, 3.05) is 0 Å². The first-order valence-corrected chi connectivity index (χ1v) is 6.30. The molecule has 0 aromatic heterocycles. The van der Waals surface area contributed by atoms with Crippen molar-refractivity contribution in [3.8, 4) is 0 Å². The fraction of sp³-hybridized carbons (Fsp3) is 0.231. The van der Waals surface area contributed by atoms with E-state index in [0.717, 1.165) is 0 Å². The van der Waals surface area contributed by atoms with Crippen LogP contribution in [0.15, 0.2) is 36.4 Å². The summed E-state index contributed by atoms with van der Waals surface area (Å²) in [5, 5.41) is 22.0. The van der Waals surface area contributed by atoms with Crippen LogP contribution < -0.4 is 0 Å². The van der Waals surface area contributed by atoms with Gasteiger partial charge in [0.2, 0.25) is 6.04 Å². The lowest BCUT2D eigenvalue weighted by molar-refractivity contribution is -0.518. The minimum atomic E-state index is -0.985. The summed E-state index contributed by atoms with van der Waals surface area (Å²) in [5.74, 6) is 0. The van der Waals surface area contributed by atoms with Crippen LogP contribution in [0.25, 0.3) is 10.8 Å². The molecule has 0 aliphatic carbocycles. The predicted octanol–water partition coefficient (Wildman–Crippen LogP) is 3.69. The first kappa shape index (κ1) is 14.2. The number of fused-ring (bicyclic) bond motifs is 1. The molecule has 7 heteroatoms. The molecule has 6 nitrogen and oxygen atoms in total. The van der Waals surface area contributed by atoms with Gasteiger partial charge in [0.1, 0.15) is 5.38 Å². The highest BCUT2D eigenvalue weighted by molar-refractivity contribution is 6.22. The molecule has 2 atom stereocenters. The highest BCUT2D eigenvalue weighted by Gasteiger charge is 2.28. The van der Waals surface area contributed by atoms with Crippen LogP contribution in [0.2, 0.25) is 0 Å². The molecule has 0 heterocycles.